The van der Waals surface area contributed by atoms with Crippen LogP contribution in [-0.2, 0) is 6.42 Å². The molecule has 4 nitrogen and oxygen atoms in total. The van der Waals surface area contributed by atoms with E-state index in [2.05, 4.69) is 36.2 Å². The first-order valence-corrected chi connectivity index (χ1v) is 8.44. The van der Waals surface area contributed by atoms with E-state index in [0.29, 0.717) is 6.54 Å². The number of benzene rings is 1. The molecule has 1 N–H and O–H groups in total. The largest absolute Gasteiger partial charge is 0.338 e. The van der Waals surface area contributed by atoms with Crippen LogP contribution in [0.2, 0.25) is 0 Å². The van der Waals surface area contributed by atoms with Crippen LogP contribution >= 0.6 is 0 Å². The number of hydrogen-bond donors (Lipinski definition) is 1. The maximum Gasteiger partial charge on any atom is 0.317 e. The summed E-state index contributed by atoms with van der Waals surface area (Å²) in [5.41, 5.74) is 1.27. The van der Waals surface area contributed by atoms with Crippen LogP contribution in [0.15, 0.2) is 30.3 Å². The van der Waals surface area contributed by atoms with Crippen molar-refractivity contribution in [1.29, 1.82) is 0 Å². The molecule has 2 amide bonds. The van der Waals surface area contributed by atoms with Gasteiger partial charge in [0.25, 0.3) is 0 Å². The molecule has 1 fully saturated rings. The van der Waals surface area contributed by atoms with E-state index in [1.165, 1.54) is 12.0 Å². The van der Waals surface area contributed by atoms with Gasteiger partial charge in [-0.2, -0.15) is 0 Å². The average Bonchev–Trinajstić information content (AvgIpc) is 2.54. The Bertz CT molecular complexity index is 439. The number of nitrogens with zero attached hydrogens (tertiary/aromatic N) is 2. The van der Waals surface area contributed by atoms with E-state index in [4.69, 9.17) is 0 Å². The summed E-state index contributed by atoms with van der Waals surface area (Å²) in [4.78, 5) is 16.6. The summed E-state index contributed by atoms with van der Waals surface area (Å²) in [7, 11) is 0. The molecule has 4 heteroatoms. The highest BCUT2D eigenvalue weighted by Gasteiger charge is 2.20. The van der Waals surface area contributed by atoms with E-state index in [1.54, 1.807) is 0 Å². The van der Waals surface area contributed by atoms with Gasteiger partial charge in [0, 0.05) is 32.7 Å². The minimum atomic E-state index is 0.0828. The third kappa shape index (κ3) is 5.68. The van der Waals surface area contributed by atoms with Crippen molar-refractivity contribution in [3.8, 4) is 0 Å². The summed E-state index contributed by atoms with van der Waals surface area (Å²) in [6, 6.07) is 10.4. The predicted octanol–water partition coefficient (Wildman–Crippen LogP) is 2.60. The molecule has 22 heavy (non-hydrogen) atoms. The Morgan fingerprint density at radius 2 is 1.82 bits per heavy atom. The highest BCUT2D eigenvalue weighted by atomic mass is 16.2. The van der Waals surface area contributed by atoms with Gasteiger partial charge in [-0.1, -0.05) is 44.2 Å². The molecule has 2 rings (SSSR count). The number of rotatable bonds is 6. The van der Waals surface area contributed by atoms with Crippen LogP contribution in [-0.4, -0.2) is 55.1 Å². The maximum absolute atomic E-state index is 12.2. The lowest BCUT2D eigenvalue weighted by atomic mass is 10.1. The maximum atomic E-state index is 12.2. The Balaban J connectivity index is 1.63. The van der Waals surface area contributed by atoms with Crippen molar-refractivity contribution < 1.29 is 4.79 Å². The highest BCUT2D eigenvalue weighted by molar-refractivity contribution is 5.74. The highest BCUT2D eigenvalue weighted by Crippen LogP contribution is 2.06. The Morgan fingerprint density at radius 1 is 1.14 bits per heavy atom. The number of amides is 2. The third-order valence-electron chi connectivity index (χ3n) is 4.21. The molecule has 0 aliphatic carbocycles. The second-order valence-corrected chi connectivity index (χ2v) is 6.48. The lowest BCUT2D eigenvalue weighted by Crippen LogP contribution is -2.52. The lowest BCUT2D eigenvalue weighted by molar-refractivity contribution is 0.136. The molecule has 0 aromatic heterocycles. The van der Waals surface area contributed by atoms with Crippen molar-refractivity contribution in [3.63, 3.8) is 0 Å². The fraction of sp³-hybridized carbons (Fsp3) is 0.611. The fourth-order valence-electron chi connectivity index (χ4n) is 2.69. The topological polar surface area (TPSA) is 35.6 Å². The van der Waals surface area contributed by atoms with Crippen LogP contribution in [0, 0.1) is 5.92 Å². The van der Waals surface area contributed by atoms with Crippen molar-refractivity contribution in [1.82, 2.24) is 15.1 Å². The van der Waals surface area contributed by atoms with Gasteiger partial charge in [0.1, 0.15) is 0 Å². The minimum Gasteiger partial charge on any atom is -0.338 e. The zero-order chi connectivity index (χ0) is 15.8. The van der Waals surface area contributed by atoms with Crippen LogP contribution in [0.5, 0.6) is 0 Å². The van der Waals surface area contributed by atoms with Gasteiger partial charge in [0.2, 0.25) is 0 Å². The Kier molecular flexibility index (Phi) is 6.72. The van der Waals surface area contributed by atoms with Gasteiger partial charge < -0.3 is 10.2 Å². The van der Waals surface area contributed by atoms with Crippen molar-refractivity contribution in [2.45, 2.75) is 26.7 Å². The van der Waals surface area contributed by atoms with Gasteiger partial charge in [0.15, 0.2) is 0 Å². The van der Waals surface area contributed by atoms with Gasteiger partial charge >= 0.3 is 6.03 Å². The molecule has 122 valence electrons. The summed E-state index contributed by atoms with van der Waals surface area (Å²) in [6.07, 6.45) is 2.13. The predicted molar refractivity (Wildman–Crippen MR) is 91.0 cm³/mol. The molecule has 1 aromatic carbocycles. The number of carbonyl (C=O) groups excluding carboxylic acids is 1. The Labute approximate surface area is 134 Å². The molecule has 1 aliphatic heterocycles. The van der Waals surface area contributed by atoms with Crippen molar-refractivity contribution in [3.05, 3.63) is 35.9 Å². The molecule has 1 saturated heterocycles. The van der Waals surface area contributed by atoms with Gasteiger partial charge in [-0.05, 0) is 30.9 Å². The van der Waals surface area contributed by atoms with E-state index in [-0.39, 0.29) is 6.03 Å². The summed E-state index contributed by atoms with van der Waals surface area (Å²) in [5, 5.41) is 3.03. The van der Waals surface area contributed by atoms with Gasteiger partial charge in [-0.25, -0.2) is 4.79 Å². The van der Waals surface area contributed by atoms with Crippen LogP contribution in [0.1, 0.15) is 25.8 Å². The van der Waals surface area contributed by atoms with Crippen LogP contribution in [0.4, 0.5) is 4.79 Å². The normalized spacial score (nSPS) is 16.0. The zero-order valence-electron chi connectivity index (χ0n) is 13.9. The van der Waals surface area contributed by atoms with E-state index in [9.17, 15) is 4.79 Å². The number of nitrogens with one attached hydrogen (secondary N) is 1. The second kappa shape index (κ2) is 8.79. The quantitative estimate of drug-likeness (QED) is 0.877. The molecule has 0 bridgehead atoms. The molecular formula is C18H29N3O. The van der Waals surface area contributed by atoms with Crippen molar-refractivity contribution >= 4 is 6.03 Å². The minimum absolute atomic E-state index is 0.0828. The molecule has 1 aliphatic rings. The summed E-state index contributed by atoms with van der Waals surface area (Å²) >= 11 is 0. The molecule has 1 heterocycles. The smallest absolute Gasteiger partial charge is 0.317 e. The third-order valence-corrected chi connectivity index (χ3v) is 4.21. The van der Waals surface area contributed by atoms with Crippen LogP contribution in [0.25, 0.3) is 0 Å². The van der Waals surface area contributed by atoms with Crippen molar-refractivity contribution in [2.75, 3.05) is 39.3 Å². The summed E-state index contributed by atoms with van der Waals surface area (Å²) < 4.78 is 0. The second-order valence-electron chi connectivity index (χ2n) is 6.48. The van der Waals surface area contributed by atoms with Crippen LogP contribution in [0.3, 0.4) is 0 Å². The molecule has 0 unspecified atom stereocenters. The molecule has 0 atom stereocenters. The van der Waals surface area contributed by atoms with Gasteiger partial charge in [-0.3, -0.25) is 4.90 Å². The van der Waals surface area contributed by atoms with Gasteiger partial charge in [-0.15, -0.1) is 0 Å². The van der Waals surface area contributed by atoms with Gasteiger partial charge in [0.05, 0.1) is 0 Å². The SMILES string of the molecule is CC(C)CCN1CCN(C(=O)NCCc2ccccc2)CC1. The average molecular weight is 303 g/mol. The zero-order valence-corrected chi connectivity index (χ0v) is 13.9. The Morgan fingerprint density at radius 3 is 2.45 bits per heavy atom. The molecule has 0 spiro atoms. The number of carbonyl (C=O) groups is 1. The summed E-state index contributed by atoms with van der Waals surface area (Å²) in [6.45, 7) is 10.1. The lowest BCUT2D eigenvalue weighted by Gasteiger charge is -2.35. The Hall–Kier alpha value is -1.55. The monoisotopic (exact) mass is 303 g/mol. The standard InChI is InChI=1S/C18H29N3O/c1-16(2)9-11-20-12-14-21(15-13-20)18(22)19-10-8-17-6-4-3-5-7-17/h3-7,16H,8-15H2,1-2H3,(H,19,22). The van der Waals surface area contributed by atoms with E-state index in [1.807, 2.05) is 23.1 Å². The molecule has 0 radical (unpaired) electrons. The molecular weight excluding hydrogens is 274 g/mol. The number of urea groups is 1. The number of hydrogen-bond acceptors (Lipinski definition) is 2. The van der Waals surface area contributed by atoms with Crippen molar-refractivity contribution in [2.24, 2.45) is 5.92 Å². The van der Waals surface area contributed by atoms with E-state index < -0.39 is 0 Å². The first-order valence-electron chi connectivity index (χ1n) is 8.44. The van der Waals surface area contributed by atoms with Crippen LogP contribution < -0.4 is 5.32 Å². The molecule has 0 saturated carbocycles. The van der Waals surface area contributed by atoms with E-state index in [0.717, 1.165) is 45.1 Å². The van der Waals surface area contributed by atoms with E-state index >= 15 is 0 Å². The summed E-state index contributed by atoms with van der Waals surface area (Å²) in [5.74, 6) is 0.749. The fourth-order valence-corrected chi connectivity index (χ4v) is 2.69. The molecule has 1 aromatic rings. The first kappa shape index (κ1) is 16.8. The number of piperazine rings is 1. The first-order chi connectivity index (χ1) is 10.6.